The zero-order valence-electron chi connectivity index (χ0n) is 8.47. The highest BCUT2D eigenvalue weighted by Gasteiger charge is 2.37. The smallest absolute Gasteiger partial charge is 0.402 e. The second kappa shape index (κ2) is 4.92. The van der Waals surface area contributed by atoms with Crippen molar-refractivity contribution < 1.29 is 40.9 Å². The van der Waals surface area contributed by atoms with E-state index in [0.29, 0.717) is 6.07 Å². The van der Waals surface area contributed by atoms with Crippen LogP contribution in [0.15, 0.2) is 18.2 Å². The third kappa shape index (κ3) is 4.32. The minimum atomic E-state index is -5.20. The van der Waals surface area contributed by atoms with Gasteiger partial charge in [-0.1, -0.05) is 12.1 Å². The zero-order valence-corrected chi connectivity index (χ0v) is 8.47. The van der Waals surface area contributed by atoms with Crippen molar-refractivity contribution >= 4 is 0 Å². The molecule has 1 rings (SSSR count). The largest absolute Gasteiger partial charge is 0.573 e. The van der Waals surface area contributed by atoms with Gasteiger partial charge in [0.25, 0.3) is 0 Å². The Hall–Kier alpha value is -1.64. The lowest BCUT2D eigenvalue weighted by Crippen LogP contribution is -2.22. The maximum Gasteiger partial charge on any atom is 0.573 e. The fourth-order valence-corrected chi connectivity index (χ4v) is 1.12. The second-order valence-electron chi connectivity index (χ2n) is 3.00. The summed E-state index contributed by atoms with van der Waals surface area (Å²) in [6.45, 7) is -0.930. The normalized spacial score (nSPS) is 12.4. The molecule has 0 fully saturated rings. The van der Waals surface area contributed by atoms with Gasteiger partial charge in [0.1, 0.15) is 0 Å². The number of hydrogen-bond acceptors (Lipinski definition) is 3. The van der Waals surface area contributed by atoms with E-state index in [2.05, 4.69) is 9.47 Å². The molecule has 0 saturated carbocycles. The van der Waals surface area contributed by atoms with Crippen molar-refractivity contribution in [3.05, 3.63) is 23.8 Å². The van der Waals surface area contributed by atoms with E-state index in [1.54, 1.807) is 0 Å². The molecule has 1 aromatic carbocycles. The predicted molar refractivity (Wildman–Crippen MR) is 45.7 cm³/mol. The third-order valence-corrected chi connectivity index (χ3v) is 1.67. The Morgan fingerprint density at radius 1 is 0.944 bits per heavy atom. The maximum atomic E-state index is 12.0. The summed E-state index contributed by atoms with van der Waals surface area (Å²) in [7, 11) is 0. The van der Waals surface area contributed by atoms with E-state index in [-0.39, 0.29) is 0 Å². The van der Waals surface area contributed by atoms with Gasteiger partial charge in [0.05, 0.1) is 6.61 Å². The van der Waals surface area contributed by atoms with Crippen molar-refractivity contribution in [1.82, 2.24) is 0 Å². The van der Waals surface area contributed by atoms with Crippen LogP contribution in [0.4, 0.5) is 26.3 Å². The van der Waals surface area contributed by atoms with Crippen molar-refractivity contribution in [3.8, 4) is 11.5 Å². The van der Waals surface area contributed by atoms with Gasteiger partial charge in [-0.2, -0.15) is 0 Å². The Morgan fingerprint density at radius 2 is 1.50 bits per heavy atom. The summed E-state index contributed by atoms with van der Waals surface area (Å²) in [6, 6.07) is 2.62. The first-order valence-corrected chi connectivity index (χ1v) is 4.36. The van der Waals surface area contributed by atoms with Crippen LogP contribution in [0.2, 0.25) is 0 Å². The van der Waals surface area contributed by atoms with Gasteiger partial charge in [0.2, 0.25) is 0 Å². The van der Waals surface area contributed by atoms with E-state index in [9.17, 15) is 26.3 Å². The van der Waals surface area contributed by atoms with E-state index >= 15 is 0 Å². The summed E-state index contributed by atoms with van der Waals surface area (Å²) in [6.07, 6.45) is -10.4. The number of halogens is 6. The Bertz CT molecular complexity index is 412. The molecule has 0 heterocycles. The maximum absolute atomic E-state index is 12.0. The van der Waals surface area contributed by atoms with Crippen LogP contribution in [0, 0.1) is 0 Å². The molecule has 1 aromatic rings. The first kappa shape index (κ1) is 14.4. The number of aliphatic hydroxyl groups is 1. The van der Waals surface area contributed by atoms with E-state index in [4.69, 9.17) is 5.11 Å². The van der Waals surface area contributed by atoms with Crippen molar-refractivity contribution in [3.63, 3.8) is 0 Å². The van der Waals surface area contributed by atoms with Crippen LogP contribution in [0.3, 0.4) is 0 Å². The van der Waals surface area contributed by atoms with E-state index in [1.807, 2.05) is 0 Å². The number of ether oxygens (including phenoxy) is 2. The van der Waals surface area contributed by atoms with Crippen LogP contribution in [-0.2, 0) is 6.61 Å². The van der Waals surface area contributed by atoms with Crippen molar-refractivity contribution in [2.24, 2.45) is 0 Å². The Labute approximate surface area is 96.5 Å². The molecule has 0 bridgehead atoms. The molecule has 0 amide bonds. The van der Waals surface area contributed by atoms with E-state index in [0.717, 1.165) is 12.1 Å². The van der Waals surface area contributed by atoms with Crippen LogP contribution in [-0.4, -0.2) is 17.8 Å². The van der Waals surface area contributed by atoms with Crippen LogP contribution >= 0.6 is 0 Å². The lowest BCUT2D eigenvalue weighted by Gasteiger charge is -2.17. The highest BCUT2D eigenvalue weighted by molar-refractivity contribution is 5.46. The van der Waals surface area contributed by atoms with Gasteiger partial charge >= 0.3 is 12.7 Å². The average molecular weight is 276 g/mol. The number of para-hydroxylation sites is 1. The van der Waals surface area contributed by atoms with Gasteiger partial charge in [-0.25, -0.2) is 0 Å². The number of alkyl halides is 6. The van der Waals surface area contributed by atoms with Crippen molar-refractivity contribution in [2.45, 2.75) is 19.3 Å². The monoisotopic (exact) mass is 276 g/mol. The summed E-state index contributed by atoms with van der Waals surface area (Å²) >= 11 is 0. The quantitative estimate of drug-likeness (QED) is 0.862. The molecule has 0 spiro atoms. The summed E-state index contributed by atoms with van der Waals surface area (Å²) in [5, 5.41) is 8.75. The SMILES string of the molecule is OCc1cccc(OC(F)(F)F)c1OC(F)(F)F. The van der Waals surface area contributed by atoms with Gasteiger partial charge in [0.15, 0.2) is 11.5 Å². The first-order valence-electron chi connectivity index (χ1n) is 4.36. The van der Waals surface area contributed by atoms with Gasteiger partial charge in [-0.3, -0.25) is 0 Å². The molecule has 0 aromatic heterocycles. The predicted octanol–water partition coefficient (Wildman–Crippen LogP) is 2.98. The van der Waals surface area contributed by atoms with Gasteiger partial charge in [0, 0.05) is 5.56 Å². The number of benzene rings is 1. The Kier molecular flexibility index (Phi) is 3.95. The lowest BCUT2D eigenvalue weighted by molar-refractivity contribution is -0.287. The lowest BCUT2D eigenvalue weighted by atomic mass is 10.2. The molecule has 0 radical (unpaired) electrons. The first-order chi connectivity index (χ1) is 8.12. The highest BCUT2D eigenvalue weighted by atomic mass is 19.4. The molecule has 0 saturated heterocycles. The summed E-state index contributed by atoms with van der Waals surface area (Å²) < 4.78 is 78.8. The van der Waals surface area contributed by atoms with Crippen LogP contribution in [0.1, 0.15) is 5.56 Å². The summed E-state index contributed by atoms with van der Waals surface area (Å²) in [4.78, 5) is 0. The summed E-state index contributed by atoms with van der Waals surface area (Å²) in [5.41, 5.74) is -0.478. The molecule has 0 aliphatic carbocycles. The minimum Gasteiger partial charge on any atom is -0.402 e. The minimum absolute atomic E-state index is 0.478. The third-order valence-electron chi connectivity index (χ3n) is 1.67. The molecular weight excluding hydrogens is 270 g/mol. The molecular formula is C9H6F6O3. The van der Waals surface area contributed by atoms with E-state index in [1.165, 1.54) is 0 Å². The van der Waals surface area contributed by atoms with Gasteiger partial charge in [-0.05, 0) is 6.07 Å². The van der Waals surface area contributed by atoms with Crippen molar-refractivity contribution in [2.75, 3.05) is 0 Å². The molecule has 0 unspecified atom stereocenters. The molecule has 18 heavy (non-hydrogen) atoms. The molecule has 0 atom stereocenters. The fourth-order valence-electron chi connectivity index (χ4n) is 1.12. The van der Waals surface area contributed by atoms with Gasteiger partial charge in [-0.15, -0.1) is 26.3 Å². The topological polar surface area (TPSA) is 38.7 Å². The Balaban J connectivity index is 3.16. The molecule has 0 aliphatic heterocycles. The number of rotatable bonds is 3. The molecule has 0 aliphatic rings. The van der Waals surface area contributed by atoms with Gasteiger partial charge < -0.3 is 14.6 Å². The van der Waals surface area contributed by atoms with E-state index < -0.39 is 36.4 Å². The average Bonchev–Trinajstić information content (AvgIpc) is 2.16. The van der Waals surface area contributed by atoms with Crippen LogP contribution in [0.25, 0.3) is 0 Å². The van der Waals surface area contributed by atoms with Crippen LogP contribution < -0.4 is 9.47 Å². The number of aliphatic hydroxyl groups excluding tert-OH is 1. The standard InChI is InChI=1S/C9H6F6O3/c10-8(11,12)17-6-3-1-2-5(4-16)7(6)18-9(13,14)15/h1-3,16H,4H2. The second-order valence-corrected chi connectivity index (χ2v) is 3.00. The fraction of sp³-hybridized carbons (Fsp3) is 0.333. The summed E-state index contributed by atoms with van der Waals surface area (Å²) in [5.74, 6) is -2.39. The Morgan fingerprint density at radius 3 is 1.94 bits per heavy atom. The number of hydrogen-bond donors (Lipinski definition) is 1. The van der Waals surface area contributed by atoms with Crippen molar-refractivity contribution in [1.29, 1.82) is 0 Å². The highest BCUT2D eigenvalue weighted by Crippen LogP contribution is 2.38. The molecule has 1 N–H and O–H groups in total. The molecule has 3 nitrogen and oxygen atoms in total. The molecule has 9 heteroatoms. The zero-order chi connectivity index (χ0) is 14.0. The van der Waals surface area contributed by atoms with Crippen LogP contribution in [0.5, 0.6) is 11.5 Å². The molecule has 102 valence electrons.